The molecule has 20 heavy (non-hydrogen) atoms. The fraction of sp³-hybridized carbons (Fsp3) is 0. The number of rotatable bonds is 1. The first kappa shape index (κ1) is 11.0. The van der Waals surface area contributed by atoms with Crippen LogP contribution in [0.1, 0.15) is 20.7 Å². The zero-order valence-corrected chi connectivity index (χ0v) is 10.4. The number of hydrogen-bond donors (Lipinski definition) is 2. The molecule has 0 spiro atoms. The van der Waals surface area contributed by atoms with Crippen LogP contribution in [0.25, 0.3) is 22.2 Å². The van der Waals surface area contributed by atoms with E-state index in [0.29, 0.717) is 11.1 Å². The number of carbonyl (C=O) groups excluding carboxylic acids is 2. The first-order valence-corrected chi connectivity index (χ1v) is 6.30. The van der Waals surface area contributed by atoms with E-state index in [1.807, 2.05) is 36.4 Å². The largest absolute Gasteiger partial charge is 0.355 e. The lowest BCUT2D eigenvalue weighted by Gasteiger charge is -1.95. The highest BCUT2D eigenvalue weighted by Gasteiger charge is 2.27. The molecule has 0 aliphatic carbocycles. The van der Waals surface area contributed by atoms with Crippen LogP contribution < -0.4 is 5.32 Å². The van der Waals surface area contributed by atoms with Crippen molar-refractivity contribution in [1.82, 2.24) is 10.3 Å². The molecule has 0 saturated carbocycles. The van der Waals surface area contributed by atoms with Crippen LogP contribution >= 0.6 is 0 Å². The van der Waals surface area contributed by atoms with E-state index in [1.165, 1.54) is 0 Å². The van der Waals surface area contributed by atoms with Gasteiger partial charge in [0.1, 0.15) is 0 Å². The molecule has 2 heterocycles. The monoisotopic (exact) mass is 262 g/mol. The summed E-state index contributed by atoms with van der Waals surface area (Å²) < 4.78 is 0. The van der Waals surface area contributed by atoms with Gasteiger partial charge in [0.15, 0.2) is 0 Å². The summed E-state index contributed by atoms with van der Waals surface area (Å²) in [5, 5.41) is 3.22. The number of amides is 2. The second-order valence-electron chi connectivity index (χ2n) is 4.82. The van der Waals surface area contributed by atoms with E-state index >= 15 is 0 Å². The van der Waals surface area contributed by atoms with Gasteiger partial charge < -0.3 is 4.98 Å². The van der Waals surface area contributed by atoms with Gasteiger partial charge in [-0.25, -0.2) is 0 Å². The lowest BCUT2D eigenvalue weighted by molar-refractivity contribution is 0.0879. The summed E-state index contributed by atoms with van der Waals surface area (Å²) in [5.74, 6) is -0.655. The molecule has 0 fully saturated rings. The minimum Gasteiger partial charge on any atom is -0.355 e. The Morgan fingerprint density at radius 2 is 1.50 bits per heavy atom. The van der Waals surface area contributed by atoms with Crippen LogP contribution in [0.15, 0.2) is 48.5 Å². The predicted octanol–water partition coefficient (Wildman–Crippen LogP) is 2.72. The number of aromatic amines is 1. The van der Waals surface area contributed by atoms with Crippen molar-refractivity contribution in [3.63, 3.8) is 0 Å². The molecular formula is C16H10N2O2. The molecule has 0 saturated heterocycles. The molecule has 3 aromatic rings. The zero-order valence-electron chi connectivity index (χ0n) is 10.4. The molecule has 2 amide bonds. The smallest absolute Gasteiger partial charge is 0.259 e. The average Bonchev–Trinajstić information content (AvgIpc) is 3.00. The molecule has 4 nitrogen and oxygen atoms in total. The molecule has 0 radical (unpaired) electrons. The molecule has 2 N–H and O–H groups in total. The van der Waals surface area contributed by atoms with Gasteiger partial charge in [0, 0.05) is 16.6 Å². The first-order chi connectivity index (χ1) is 9.72. The third kappa shape index (κ3) is 1.48. The van der Waals surface area contributed by atoms with Crippen molar-refractivity contribution < 1.29 is 9.59 Å². The van der Waals surface area contributed by atoms with Gasteiger partial charge in [-0.15, -0.1) is 0 Å². The van der Waals surface area contributed by atoms with Gasteiger partial charge >= 0.3 is 0 Å². The highest BCUT2D eigenvalue weighted by atomic mass is 16.2. The van der Waals surface area contributed by atoms with Crippen molar-refractivity contribution in [3.05, 3.63) is 59.7 Å². The number of nitrogens with one attached hydrogen (secondary N) is 2. The number of fused-ring (bicyclic) bond motifs is 2. The summed E-state index contributed by atoms with van der Waals surface area (Å²) in [6.45, 7) is 0. The molecule has 96 valence electrons. The van der Waals surface area contributed by atoms with Gasteiger partial charge in [-0.3, -0.25) is 14.9 Å². The van der Waals surface area contributed by atoms with E-state index in [2.05, 4.69) is 10.3 Å². The number of imide groups is 1. The second kappa shape index (κ2) is 3.81. The van der Waals surface area contributed by atoms with Crippen molar-refractivity contribution >= 4 is 22.7 Å². The Hall–Kier alpha value is -2.88. The maximum absolute atomic E-state index is 11.7. The Kier molecular flexibility index (Phi) is 2.09. The van der Waals surface area contributed by atoms with Crippen molar-refractivity contribution in [1.29, 1.82) is 0 Å². The quantitative estimate of drug-likeness (QED) is 0.662. The lowest BCUT2D eigenvalue weighted by atomic mass is 10.1. The van der Waals surface area contributed by atoms with E-state index in [1.54, 1.807) is 12.1 Å². The third-order valence-electron chi connectivity index (χ3n) is 3.56. The van der Waals surface area contributed by atoms with E-state index in [4.69, 9.17) is 0 Å². The number of benzene rings is 2. The summed E-state index contributed by atoms with van der Waals surface area (Å²) in [5.41, 5.74) is 3.77. The topological polar surface area (TPSA) is 62.0 Å². The lowest BCUT2D eigenvalue weighted by Crippen LogP contribution is -2.19. The van der Waals surface area contributed by atoms with E-state index in [-0.39, 0.29) is 11.8 Å². The van der Waals surface area contributed by atoms with Crippen LogP contribution in [0.3, 0.4) is 0 Å². The number of H-pyrrole nitrogens is 1. The summed E-state index contributed by atoms with van der Waals surface area (Å²) in [4.78, 5) is 26.6. The molecular weight excluding hydrogens is 252 g/mol. The van der Waals surface area contributed by atoms with Gasteiger partial charge in [-0.05, 0) is 23.8 Å². The molecule has 1 aliphatic rings. The third-order valence-corrected chi connectivity index (χ3v) is 3.56. The van der Waals surface area contributed by atoms with E-state index in [0.717, 1.165) is 22.2 Å². The van der Waals surface area contributed by atoms with Gasteiger partial charge in [0.05, 0.1) is 11.1 Å². The highest BCUT2D eigenvalue weighted by molar-refractivity contribution is 6.23. The van der Waals surface area contributed by atoms with Crippen LogP contribution in [0, 0.1) is 0 Å². The van der Waals surface area contributed by atoms with Crippen molar-refractivity contribution in [2.75, 3.05) is 0 Å². The summed E-state index contributed by atoms with van der Waals surface area (Å²) >= 11 is 0. The van der Waals surface area contributed by atoms with Gasteiger partial charge in [0.25, 0.3) is 11.8 Å². The molecule has 2 aromatic carbocycles. The van der Waals surface area contributed by atoms with Crippen LogP contribution in [0.4, 0.5) is 0 Å². The molecule has 0 bridgehead atoms. The first-order valence-electron chi connectivity index (χ1n) is 6.30. The van der Waals surface area contributed by atoms with Crippen LogP contribution in [0.5, 0.6) is 0 Å². The minimum atomic E-state index is -0.331. The zero-order chi connectivity index (χ0) is 13.7. The van der Waals surface area contributed by atoms with Crippen LogP contribution in [-0.4, -0.2) is 16.8 Å². The Morgan fingerprint density at radius 1 is 0.800 bits per heavy atom. The van der Waals surface area contributed by atoms with Crippen LogP contribution in [-0.2, 0) is 0 Å². The standard InChI is InChI=1S/C16H10N2O2/c19-15-11-6-10-7-13(9-4-2-1-3-5-9)17-14(10)8-12(11)16(20)18-15/h1-8,17H,(H,18,19,20). The SMILES string of the molecule is O=C1NC(=O)c2cc3[nH]c(-c4ccccc4)cc3cc21. The minimum absolute atomic E-state index is 0.325. The Bertz CT molecular complexity index is 812. The van der Waals surface area contributed by atoms with Gasteiger partial charge in [-0.1, -0.05) is 30.3 Å². The number of carbonyl (C=O) groups is 2. The van der Waals surface area contributed by atoms with E-state index in [9.17, 15) is 9.59 Å². The number of aromatic nitrogens is 1. The maximum Gasteiger partial charge on any atom is 0.259 e. The fourth-order valence-corrected chi connectivity index (χ4v) is 2.57. The molecule has 1 aromatic heterocycles. The summed E-state index contributed by atoms with van der Waals surface area (Å²) in [6, 6.07) is 15.4. The predicted molar refractivity (Wildman–Crippen MR) is 75.5 cm³/mol. The Balaban J connectivity index is 1.94. The summed E-state index contributed by atoms with van der Waals surface area (Å²) in [6.07, 6.45) is 0. The van der Waals surface area contributed by atoms with Crippen molar-refractivity contribution in [2.24, 2.45) is 0 Å². The molecule has 0 unspecified atom stereocenters. The van der Waals surface area contributed by atoms with Crippen molar-refractivity contribution in [2.45, 2.75) is 0 Å². The fourth-order valence-electron chi connectivity index (χ4n) is 2.57. The van der Waals surface area contributed by atoms with Gasteiger partial charge in [0.2, 0.25) is 0 Å². The van der Waals surface area contributed by atoms with Gasteiger partial charge in [-0.2, -0.15) is 0 Å². The normalized spacial score (nSPS) is 13.6. The average molecular weight is 262 g/mol. The number of hydrogen-bond acceptors (Lipinski definition) is 2. The maximum atomic E-state index is 11.7. The Morgan fingerprint density at radius 3 is 2.25 bits per heavy atom. The summed E-state index contributed by atoms with van der Waals surface area (Å²) in [7, 11) is 0. The molecule has 1 aliphatic heterocycles. The Labute approximate surface area is 114 Å². The van der Waals surface area contributed by atoms with Crippen LogP contribution in [0.2, 0.25) is 0 Å². The van der Waals surface area contributed by atoms with E-state index < -0.39 is 0 Å². The second-order valence-corrected chi connectivity index (χ2v) is 4.82. The molecule has 4 heteroatoms. The highest BCUT2D eigenvalue weighted by Crippen LogP contribution is 2.28. The molecule has 0 atom stereocenters. The molecule has 4 rings (SSSR count). The van der Waals surface area contributed by atoms with Crippen molar-refractivity contribution in [3.8, 4) is 11.3 Å².